The van der Waals surface area contributed by atoms with E-state index in [0.29, 0.717) is 19.5 Å². The second-order valence-electron chi connectivity index (χ2n) is 4.09. The average molecular weight is 242 g/mol. The molecule has 1 aliphatic heterocycles. The van der Waals surface area contributed by atoms with Gasteiger partial charge in [-0.05, 0) is 19.4 Å². The Morgan fingerprint density at radius 3 is 2.82 bits per heavy atom. The van der Waals surface area contributed by atoms with E-state index in [9.17, 15) is 14.4 Å². The lowest BCUT2D eigenvalue weighted by Gasteiger charge is -2.14. The van der Waals surface area contributed by atoms with Crippen LogP contribution in [0.15, 0.2) is 0 Å². The van der Waals surface area contributed by atoms with Gasteiger partial charge in [-0.3, -0.25) is 19.3 Å². The van der Waals surface area contributed by atoms with Crippen LogP contribution in [0.3, 0.4) is 0 Å². The average Bonchev–Trinajstić information content (AvgIpc) is 2.52. The molecule has 2 N–H and O–H groups in total. The molecular formula is C11H18N2O4. The predicted octanol–water partition coefficient (Wildman–Crippen LogP) is -0.0217. The molecule has 6 nitrogen and oxygen atoms in total. The minimum Gasteiger partial charge on any atom is -0.481 e. The second-order valence-corrected chi connectivity index (χ2v) is 4.09. The van der Waals surface area contributed by atoms with Gasteiger partial charge in [0.15, 0.2) is 0 Å². The van der Waals surface area contributed by atoms with Gasteiger partial charge in [-0.1, -0.05) is 6.92 Å². The molecule has 1 rings (SSSR count). The first kappa shape index (κ1) is 13.6. The van der Waals surface area contributed by atoms with E-state index >= 15 is 0 Å². The highest BCUT2D eigenvalue weighted by atomic mass is 16.4. The molecule has 96 valence electrons. The monoisotopic (exact) mass is 242 g/mol. The van der Waals surface area contributed by atoms with Crippen LogP contribution >= 0.6 is 0 Å². The lowest BCUT2D eigenvalue weighted by Crippen LogP contribution is -2.39. The van der Waals surface area contributed by atoms with Gasteiger partial charge in [0.1, 0.15) is 0 Å². The molecule has 2 amide bonds. The topological polar surface area (TPSA) is 86.7 Å². The Bertz CT molecular complexity index is 317. The van der Waals surface area contributed by atoms with Crippen molar-refractivity contribution in [3.05, 3.63) is 0 Å². The van der Waals surface area contributed by atoms with E-state index in [1.54, 1.807) is 0 Å². The van der Waals surface area contributed by atoms with Gasteiger partial charge in [0, 0.05) is 13.0 Å². The number of carboxylic acids is 1. The Balaban J connectivity index is 2.33. The fraction of sp³-hybridized carbons (Fsp3) is 0.727. The van der Waals surface area contributed by atoms with Crippen LogP contribution in [0.2, 0.25) is 0 Å². The molecule has 0 spiro atoms. The van der Waals surface area contributed by atoms with Crippen LogP contribution in [-0.4, -0.2) is 46.9 Å². The van der Waals surface area contributed by atoms with Gasteiger partial charge in [0.25, 0.3) is 0 Å². The third kappa shape index (κ3) is 3.81. The highest BCUT2D eigenvalue weighted by molar-refractivity contribution is 6.05. The van der Waals surface area contributed by atoms with Crippen LogP contribution in [-0.2, 0) is 14.4 Å². The largest absolute Gasteiger partial charge is 0.481 e. The van der Waals surface area contributed by atoms with Gasteiger partial charge in [-0.2, -0.15) is 0 Å². The number of aliphatic carboxylic acids is 1. The lowest BCUT2D eigenvalue weighted by molar-refractivity contribution is -0.139. The molecule has 0 aromatic heterocycles. The number of nitrogens with one attached hydrogen (secondary N) is 1. The van der Waals surface area contributed by atoms with E-state index in [2.05, 4.69) is 5.32 Å². The van der Waals surface area contributed by atoms with Gasteiger partial charge in [-0.25, -0.2) is 0 Å². The fourth-order valence-electron chi connectivity index (χ4n) is 1.82. The number of carbonyl (C=O) groups is 3. The maximum Gasteiger partial charge on any atom is 0.303 e. The molecule has 1 aliphatic rings. The van der Waals surface area contributed by atoms with Gasteiger partial charge in [0.05, 0.1) is 12.5 Å². The molecule has 0 radical (unpaired) electrons. The molecule has 1 fully saturated rings. The Morgan fingerprint density at radius 2 is 2.24 bits per heavy atom. The summed E-state index contributed by atoms with van der Waals surface area (Å²) in [7, 11) is 0. The maximum atomic E-state index is 11.8. The minimum absolute atomic E-state index is 0.0700. The van der Waals surface area contributed by atoms with Crippen molar-refractivity contribution in [2.45, 2.75) is 38.6 Å². The number of nitrogens with zero attached hydrogens (tertiary/aromatic N) is 1. The van der Waals surface area contributed by atoms with E-state index < -0.39 is 12.0 Å². The zero-order chi connectivity index (χ0) is 12.8. The maximum absolute atomic E-state index is 11.8. The van der Waals surface area contributed by atoms with Gasteiger partial charge in [-0.15, -0.1) is 0 Å². The lowest BCUT2D eigenvalue weighted by atomic mass is 10.2. The third-order valence-corrected chi connectivity index (χ3v) is 2.65. The quantitative estimate of drug-likeness (QED) is 0.484. The smallest absolute Gasteiger partial charge is 0.303 e. The van der Waals surface area contributed by atoms with Crippen LogP contribution in [0.4, 0.5) is 0 Å². The zero-order valence-electron chi connectivity index (χ0n) is 9.94. The van der Waals surface area contributed by atoms with Crippen molar-refractivity contribution in [1.29, 1.82) is 0 Å². The standard InChI is InChI=1S/C11H18N2O4/c1-2-6-13-9(14)7-8(11(13)17)12-5-3-4-10(15)16/h8,12H,2-7H2,1H3,(H,15,16). The van der Waals surface area contributed by atoms with Gasteiger partial charge in [0.2, 0.25) is 11.8 Å². The van der Waals surface area contributed by atoms with E-state index in [1.165, 1.54) is 4.90 Å². The Morgan fingerprint density at radius 1 is 1.53 bits per heavy atom. The summed E-state index contributed by atoms with van der Waals surface area (Å²) in [5.74, 6) is -1.19. The second kappa shape index (κ2) is 6.34. The molecule has 0 saturated carbocycles. The summed E-state index contributed by atoms with van der Waals surface area (Å²) < 4.78 is 0. The fourth-order valence-corrected chi connectivity index (χ4v) is 1.82. The number of rotatable bonds is 7. The van der Waals surface area contributed by atoms with Crippen molar-refractivity contribution < 1.29 is 19.5 Å². The van der Waals surface area contributed by atoms with Crippen molar-refractivity contribution in [2.75, 3.05) is 13.1 Å². The molecule has 1 atom stereocenters. The summed E-state index contributed by atoms with van der Waals surface area (Å²) in [6.07, 6.45) is 1.47. The number of carboxylic acid groups (broad SMARTS) is 1. The van der Waals surface area contributed by atoms with Crippen LogP contribution in [0.5, 0.6) is 0 Å². The molecule has 0 aromatic carbocycles. The van der Waals surface area contributed by atoms with Crippen LogP contribution < -0.4 is 5.32 Å². The number of hydrogen-bond donors (Lipinski definition) is 2. The predicted molar refractivity (Wildman–Crippen MR) is 60.3 cm³/mol. The van der Waals surface area contributed by atoms with E-state index in [4.69, 9.17) is 5.11 Å². The molecule has 1 saturated heterocycles. The molecule has 0 aliphatic carbocycles. The first-order valence-electron chi connectivity index (χ1n) is 5.85. The Hall–Kier alpha value is -1.43. The SMILES string of the molecule is CCCN1C(=O)CC(NCCCC(=O)O)C1=O. The molecule has 0 aromatic rings. The Labute approximate surface area is 100.0 Å². The zero-order valence-corrected chi connectivity index (χ0v) is 9.94. The van der Waals surface area contributed by atoms with Gasteiger partial charge < -0.3 is 10.4 Å². The number of imide groups is 1. The molecule has 1 unspecified atom stereocenters. The minimum atomic E-state index is -0.853. The van der Waals surface area contributed by atoms with E-state index in [1.807, 2.05) is 6.92 Å². The molecule has 0 bridgehead atoms. The summed E-state index contributed by atoms with van der Waals surface area (Å²) in [5, 5.41) is 11.4. The highest BCUT2D eigenvalue weighted by Gasteiger charge is 2.37. The first-order chi connectivity index (χ1) is 8.06. The molecule has 17 heavy (non-hydrogen) atoms. The normalized spacial score (nSPS) is 20.1. The number of hydrogen-bond acceptors (Lipinski definition) is 4. The summed E-state index contributed by atoms with van der Waals surface area (Å²) >= 11 is 0. The van der Waals surface area contributed by atoms with Crippen LogP contribution in [0, 0.1) is 0 Å². The number of likely N-dealkylation sites (tertiary alicyclic amines) is 1. The van der Waals surface area contributed by atoms with Crippen LogP contribution in [0.25, 0.3) is 0 Å². The van der Waals surface area contributed by atoms with Crippen molar-refractivity contribution in [1.82, 2.24) is 10.2 Å². The van der Waals surface area contributed by atoms with Crippen LogP contribution in [0.1, 0.15) is 32.6 Å². The van der Waals surface area contributed by atoms with Crippen molar-refractivity contribution in [3.63, 3.8) is 0 Å². The molecule has 1 heterocycles. The first-order valence-corrected chi connectivity index (χ1v) is 5.85. The summed E-state index contributed by atoms with van der Waals surface area (Å²) in [6.45, 7) is 2.81. The number of amides is 2. The summed E-state index contributed by atoms with van der Waals surface area (Å²) in [6, 6.07) is -0.470. The van der Waals surface area contributed by atoms with Crippen molar-refractivity contribution in [2.24, 2.45) is 0 Å². The Kier molecular flexibility index (Phi) is 5.09. The van der Waals surface area contributed by atoms with E-state index in [-0.39, 0.29) is 24.7 Å². The van der Waals surface area contributed by atoms with E-state index in [0.717, 1.165) is 6.42 Å². The van der Waals surface area contributed by atoms with Gasteiger partial charge >= 0.3 is 5.97 Å². The molecular weight excluding hydrogens is 224 g/mol. The van der Waals surface area contributed by atoms with Crippen molar-refractivity contribution in [3.8, 4) is 0 Å². The number of carbonyl (C=O) groups excluding carboxylic acids is 2. The third-order valence-electron chi connectivity index (χ3n) is 2.65. The summed E-state index contributed by atoms with van der Waals surface area (Å²) in [4.78, 5) is 34.8. The molecule has 6 heteroatoms. The summed E-state index contributed by atoms with van der Waals surface area (Å²) in [5.41, 5.74) is 0. The van der Waals surface area contributed by atoms with Crippen molar-refractivity contribution >= 4 is 17.8 Å². The highest BCUT2D eigenvalue weighted by Crippen LogP contribution is 2.13.